The zero-order chi connectivity index (χ0) is 7.45. The first kappa shape index (κ1) is 7.63. The Balaban J connectivity index is 0.000000148. The Morgan fingerprint density at radius 2 is 2.00 bits per heavy atom. The fourth-order valence-corrected chi connectivity index (χ4v) is 1.45. The lowest BCUT2D eigenvalue weighted by Crippen LogP contribution is -2.22. The van der Waals surface area contributed by atoms with Gasteiger partial charge >= 0.3 is 0 Å². The molecule has 56 valence electrons. The van der Waals surface area contributed by atoms with Crippen molar-refractivity contribution in [3.8, 4) is 12.3 Å². The smallest absolute Gasteiger partial charge is 0.0183 e. The Bertz CT molecular complexity index is 131. The van der Waals surface area contributed by atoms with Gasteiger partial charge in [-0.3, -0.25) is 0 Å². The summed E-state index contributed by atoms with van der Waals surface area (Å²) in [5.74, 6) is 2.25. The third-order valence-electron chi connectivity index (χ3n) is 2.19. The molecule has 0 radical (unpaired) electrons. The van der Waals surface area contributed by atoms with Crippen LogP contribution in [-0.2, 0) is 0 Å². The van der Waals surface area contributed by atoms with Crippen LogP contribution in [0.4, 0.5) is 0 Å². The Kier molecular flexibility index (Phi) is 2.34. The molecule has 1 N–H and O–H groups in total. The highest BCUT2D eigenvalue weighted by Gasteiger charge is 2.43. The van der Waals surface area contributed by atoms with Gasteiger partial charge in [0.1, 0.15) is 0 Å². The summed E-state index contributed by atoms with van der Waals surface area (Å²) in [5.41, 5.74) is 0.694. The Hall–Kier alpha value is -0.480. The fourth-order valence-electron chi connectivity index (χ4n) is 1.45. The number of hydrogen-bond acceptors (Lipinski definition) is 1. The van der Waals surface area contributed by atoms with Gasteiger partial charge in [0, 0.05) is 5.54 Å². The molecule has 2 rings (SSSR count). The molecule has 1 spiro atoms. The molecule has 0 aromatic heterocycles. The van der Waals surface area contributed by atoms with Crippen molar-refractivity contribution in [3.63, 3.8) is 0 Å². The van der Waals surface area contributed by atoms with Crippen LogP contribution in [0.15, 0.2) is 0 Å². The van der Waals surface area contributed by atoms with Crippen LogP contribution in [0.1, 0.15) is 32.6 Å². The molecule has 0 aromatic rings. The lowest BCUT2D eigenvalue weighted by molar-refractivity contribution is 0.601. The zero-order valence-electron chi connectivity index (χ0n) is 6.61. The zero-order valence-corrected chi connectivity index (χ0v) is 6.61. The summed E-state index contributed by atoms with van der Waals surface area (Å²) < 4.78 is 0. The van der Waals surface area contributed by atoms with Crippen molar-refractivity contribution in [1.82, 2.24) is 5.32 Å². The first-order valence-corrected chi connectivity index (χ1v) is 3.95. The first-order chi connectivity index (χ1) is 4.83. The van der Waals surface area contributed by atoms with Crippen molar-refractivity contribution < 1.29 is 0 Å². The van der Waals surface area contributed by atoms with Crippen LogP contribution in [0, 0.1) is 12.3 Å². The van der Waals surface area contributed by atoms with Gasteiger partial charge in [0.25, 0.3) is 0 Å². The predicted molar refractivity (Wildman–Crippen MR) is 43.7 cm³/mol. The van der Waals surface area contributed by atoms with Crippen molar-refractivity contribution in [2.75, 3.05) is 6.54 Å². The van der Waals surface area contributed by atoms with Crippen LogP contribution >= 0.6 is 0 Å². The van der Waals surface area contributed by atoms with Crippen LogP contribution in [0.5, 0.6) is 0 Å². The number of terminal acetylenes is 1. The van der Waals surface area contributed by atoms with E-state index in [0.717, 1.165) is 0 Å². The maximum atomic E-state index is 4.60. The lowest BCUT2D eigenvalue weighted by Gasteiger charge is -2.01. The molecule has 1 saturated heterocycles. The average Bonchev–Trinajstić information content (AvgIpc) is 2.42. The normalized spacial score (nSPS) is 24.8. The van der Waals surface area contributed by atoms with E-state index in [-0.39, 0.29) is 0 Å². The van der Waals surface area contributed by atoms with Crippen molar-refractivity contribution >= 4 is 0 Å². The van der Waals surface area contributed by atoms with Crippen LogP contribution in [0.2, 0.25) is 0 Å². The van der Waals surface area contributed by atoms with E-state index in [4.69, 9.17) is 0 Å². The largest absolute Gasteiger partial charge is 0.311 e. The first-order valence-electron chi connectivity index (χ1n) is 3.95. The van der Waals surface area contributed by atoms with Crippen LogP contribution in [-0.4, -0.2) is 12.1 Å². The Morgan fingerprint density at radius 3 is 2.20 bits per heavy atom. The van der Waals surface area contributed by atoms with E-state index >= 15 is 0 Å². The van der Waals surface area contributed by atoms with Gasteiger partial charge < -0.3 is 5.32 Å². The molecule has 1 aliphatic heterocycles. The minimum absolute atomic E-state index is 0.694. The van der Waals surface area contributed by atoms with E-state index in [1.165, 1.54) is 32.2 Å². The average molecular weight is 137 g/mol. The SMILES string of the molecule is C#CC.C1CNC2(C1)CC2. The highest BCUT2D eigenvalue weighted by atomic mass is 15.0. The van der Waals surface area contributed by atoms with Gasteiger partial charge in [-0.25, -0.2) is 0 Å². The number of rotatable bonds is 0. The molecule has 0 bridgehead atoms. The highest BCUT2D eigenvalue weighted by molar-refractivity contribution is 5.04. The predicted octanol–water partition coefficient (Wildman–Crippen LogP) is 1.54. The maximum absolute atomic E-state index is 4.60. The molecule has 2 aliphatic rings. The second-order valence-corrected chi connectivity index (χ2v) is 3.10. The summed E-state index contributed by atoms with van der Waals surface area (Å²) in [7, 11) is 0. The van der Waals surface area contributed by atoms with Crippen molar-refractivity contribution in [1.29, 1.82) is 0 Å². The Morgan fingerprint density at radius 1 is 1.40 bits per heavy atom. The molecule has 0 atom stereocenters. The summed E-state index contributed by atoms with van der Waals surface area (Å²) in [6, 6.07) is 0. The molecule has 1 nitrogen and oxygen atoms in total. The van der Waals surface area contributed by atoms with Crippen molar-refractivity contribution in [2.24, 2.45) is 0 Å². The van der Waals surface area contributed by atoms with E-state index in [0.29, 0.717) is 5.54 Å². The van der Waals surface area contributed by atoms with Gasteiger partial charge in [-0.1, -0.05) is 0 Å². The van der Waals surface area contributed by atoms with Gasteiger partial charge in [0.15, 0.2) is 0 Å². The molecule has 1 saturated carbocycles. The lowest BCUT2D eigenvalue weighted by atomic mass is 10.2. The standard InChI is InChI=1S/C6H11N.C3H4/c1-2-6(3-4-6)7-5-1;1-3-2/h7H,1-5H2;1H,2H3. The van der Waals surface area contributed by atoms with Gasteiger partial charge in [-0.05, 0) is 39.2 Å². The molecular formula is C9H15N. The second-order valence-electron chi connectivity index (χ2n) is 3.10. The highest BCUT2D eigenvalue weighted by Crippen LogP contribution is 2.42. The van der Waals surface area contributed by atoms with Crippen molar-refractivity contribution in [3.05, 3.63) is 0 Å². The summed E-state index contributed by atoms with van der Waals surface area (Å²) in [6.07, 6.45) is 10.4. The van der Waals surface area contributed by atoms with Crippen LogP contribution in [0.25, 0.3) is 0 Å². The number of hydrogen-bond donors (Lipinski definition) is 1. The maximum Gasteiger partial charge on any atom is 0.0183 e. The fraction of sp³-hybridized carbons (Fsp3) is 0.778. The molecule has 1 heteroatoms. The van der Waals surface area contributed by atoms with E-state index in [1.54, 1.807) is 6.92 Å². The molecule has 0 unspecified atom stereocenters. The minimum atomic E-state index is 0.694. The minimum Gasteiger partial charge on any atom is -0.311 e. The molecule has 1 heterocycles. The Labute approximate surface area is 63.2 Å². The van der Waals surface area contributed by atoms with Gasteiger partial charge in [-0.2, -0.15) is 0 Å². The molecular weight excluding hydrogens is 122 g/mol. The summed E-state index contributed by atoms with van der Waals surface area (Å²) >= 11 is 0. The summed E-state index contributed by atoms with van der Waals surface area (Å²) in [4.78, 5) is 0. The monoisotopic (exact) mass is 137 g/mol. The van der Waals surface area contributed by atoms with Crippen molar-refractivity contribution in [2.45, 2.75) is 38.1 Å². The van der Waals surface area contributed by atoms with Gasteiger partial charge in [-0.15, -0.1) is 12.3 Å². The van der Waals surface area contributed by atoms with Crippen LogP contribution in [0.3, 0.4) is 0 Å². The van der Waals surface area contributed by atoms with E-state index in [2.05, 4.69) is 17.7 Å². The topological polar surface area (TPSA) is 12.0 Å². The molecule has 2 fully saturated rings. The van der Waals surface area contributed by atoms with Gasteiger partial charge in [0.2, 0.25) is 0 Å². The van der Waals surface area contributed by atoms with E-state index < -0.39 is 0 Å². The molecule has 10 heavy (non-hydrogen) atoms. The van der Waals surface area contributed by atoms with E-state index in [1.807, 2.05) is 0 Å². The van der Waals surface area contributed by atoms with Gasteiger partial charge in [0.05, 0.1) is 0 Å². The van der Waals surface area contributed by atoms with Crippen LogP contribution < -0.4 is 5.32 Å². The molecule has 1 aliphatic carbocycles. The van der Waals surface area contributed by atoms with E-state index in [9.17, 15) is 0 Å². The second kappa shape index (κ2) is 3.07. The number of nitrogens with one attached hydrogen (secondary N) is 1. The third-order valence-corrected chi connectivity index (χ3v) is 2.19. The summed E-state index contributed by atoms with van der Waals surface area (Å²) in [5, 5.41) is 3.51. The third kappa shape index (κ3) is 1.75. The molecule has 0 aromatic carbocycles. The molecule has 0 amide bonds. The summed E-state index contributed by atoms with van der Waals surface area (Å²) in [6.45, 7) is 2.93. The quantitative estimate of drug-likeness (QED) is 0.499.